The third-order valence-electron chi connectivity index (χ3n) is 4.19. The number of methoxy groups -OCH3 is 1. The van der Waals surface area contributed by atoms with Gasteiger partial charge < -0.3 is 14.4 Å². The molecule has 2 rings (SSSR count). The van der Waals surface area contributed by atoms with Gasteiger partial charge in [-0.2, -0.15) is 0 Å². The number of rotatable bonds is 6. The highest BCUT2D eigenvalue weighted by Crippen LogP contribution is 2.28. The first-order valence-corrected chi connectivity index (χ1v) is 7.67. The van der Waals surface area contributed by atoms with Crippen LogP contribution >= 0.6 is 0 Å². The van der Waals surface area contributed by atoms with Crippen LogP contribution in [0.4, 0.5) is 0 Å². The van der Waals surface area contributed by atoms with Crippen molar-refractivity contribution < 1.29 is 19.1 Å². The Balaban J connectivity index is 1.94. The molecule has 0 unspecified atom stereocenters. The molecule has 0 N–H and O–H groups in total. The zero-order chi connectivity index (χ0) is 15.9. The summed E-state index contributed by atoms with van der Waals surface area (Å²) in [6.07, 6.45) is 6.51. The molecule has 1 aliphatic carbocycles. The lowest BCUT2D eigenvalue weighted by molar-refractivity contribution is -0.134. The van der Waals surface area contributed by atoms with Crippen molar-refractivity contribution in [2.24, 2.45) is 0 Å². The van der Waals surface area contributed by atoms with Gasteiger partial charge in [-0.3, -0.25) is 9.59 Å². The van der Waals surface area contributed by atoms with Crippen molar-refractivity contribution in [3.05, 3.63) is 23.8 Å². The Bertz CT molecular complexity index is 523. The van der Waals surface area contributed by atoms with Crippen LogP contribution in [0.1, 0.15) is 42.5 Å². The summed E-state index contributed by atoms with van der Waals surface area (Å²) in [7, 11) is 3.35. The van der Waals surface area contributed by atoms with Gasteiger partial charge in [0, 0.05) is 18.7 Å². The van der Waals surface area contributed by atoms with E-state index in [-0.39, 0.29) is 12.5 Å². The molecule has 1 aromatic carbocycles. The van der Waals surface area contributed by atoms with Crippen LogP contribution in [-0.2, 0) is 4.79 Å². The number of aldehydes is 1. The molecule has 22 heavy (non-hydrogen) atoms. The van der Waals surface area contributed by atoms with E-state index in [1.165, 1.54) is 26.4 Å². The number of hydrogen-bond acceptors (Lipinski definition) is 4. The molecule has 1 amide bonds. The highest BCUT2D eigenvalue weighted by atomic mass is 16.5. The molecule has 1 aliphatic rings. The number of likely N-dealkylation sites (N-methyl/N-ethyl adjacent to an activating group) is 1. The van der Waals surface area contributed by atoms with Crippen molar-refractivity contribution >= 4 is 12.2 Å². The van der Waals surface area contributed by atoms with E-state index in [0.29, 0.717) is 23.1 Å². The molecule has 0 radical (unpaired) electrons. The number of benzene rings is 1. The van der Waals surface area contributed by atoms with E-state index in [9.17, 15) is 9.59 Å². The van der Waals surface area contributed by atoms with Crippen LogP contribution in [0.5, 0.6) is 11.5 Å². The van der Waals surface area contributed by atoms with E-state index >= 15 is 0 Å². The SMILES string of the molecule is COc1cc(C=O)ccc1OCC(=O)N(C)C1CCCCC1. The van der Waals surface area contributed by atoms with E-state index < -0.39 is 0 Å². The number of nitrogens with zero attached hydrogens (tertiary/aromatic N) is 1. The lowest BCUT2D eigenvalue weighted by atomic mass is 9.94. The highest BCUT2D eigenvalue weighted by Gasteiger charge is 2.22. The summed E-state index contributed by atoms with van der Waals surface area (Å²) in [5, 5.41) is 0. The van der Waals surface area contributed by atoms with Crippen molar-refractivity contribution in [1.29, 1.82) is 0 Å². The Morgan fingerprint density at radius 3 is 2.64 bits per heavy atom. The van der Waals surface area contributed by atoms with Crippen molar-refractivity contribution in [2.75, 3.05) is 20.8 Å². The van der Waals surface area contributed by atoms with Crippen molar-refractivity contribution in [1.82, 2.24) is 4.90 Å². The summed E-state index contributed by atoms with van der Waals surface area (Å²) in [5.41, 5.74) is 0.509. The summed E-state index contributed by atoms with van der Waals surface area (Å²) in [6.45, 7) is -0.0240. The van der Waals surface area contributed by atoms with Gasteiger partial charge >= 0.3 is 0 Å². The first kappa shape index (κ1) is 16.3. The monoisotopic (exact) mass is 305 g/mol. The fourth-order valence-corrected chi connectivity index (χ4v) is 2.79. The smallest absolute Gasteiger partial charge is 0.260 e. The van der Waals surface area contributed by atoms with Gasteiger partial charge in [0.1, 0.15) is 6.29 Å². The molecule has 0 aromatic heterocycles. The molecule has 1 saturated carbocycles. The van der Waals surface area contributed by atoms with Crippen LogP contribution < -0.4 is 9.47 Å². The largest absolute Gasteiger partial charge is 0.493 e. The zero-order valence-corrected chi connectivity index (χ0v) is 13.2. The normalized spacial score (nSPS) is 15.2. The van der Waals surface area contributed by atoms with E-state index in [0.717, 1.165) is 19.1 Å². The third kappa shape index (κ3) is 4.00. The lowest BCUT2D eigenvalue weighted by Crippen LogP contribution is -2.40. The molecule has 5 nitrogen and oxygen atoms in total. The average Bonchev–Trinajstić information content (AvgIpc) is 2.59. The van der Waals surface area contributed by atoms with Crippen molar-refractivity contribution in [2.45, 2.75) is 38.1 Å². The van der Waals surface area contributed by atoms with Crippen LogP contribution in [0.2, 0.25) is 0 Å². The molecule has 0 heterocycles. The van der Waals surface area contributed by atoms with Crippen molar-refractivity contribution in [3.8, 4) is 11.5 Å². The van der Waals surface area contributed by atoms with Gasteiger partial charge in [0.2, 0.25) is 0 Å². The maximum absolute atomic E-state index is 12.2. The standard InChI is InChI=1S/C17H23NO4/c1-18(14-6-4-3-5-7-14)17(20)12-22-15-9-8-13(11-19)10-16(15)21-2/h8-11,14H,3-7,12H2,1-2H3. The van der Waals surface area contributed by atoms with E-state index in [1.807, 2.05) is 7.05 Å². The zero-order valence-electron chi connectivity index (χ0n) is 13.2. The predicted molar refractivity (Wildman–Crippen MR) is 83.5 cm³/mol. The minimum atomic E-state index is -0.0339. The molecule has 5 heteroatoms. The maximum Gasteiger partial charge on any atom is 0.260 e. The number of carbonyl (C=O) groups excluding carboxylic acids is 2. The van der Waals surface area contributed by atoms with Crippen LogP contribution in [0.15, 0.2) is 18.2 Å². The molecule has 1 aromatic rings. The summed E-state index contributed by atoms with van der Waals surface area (Å²) < 4.78 is 10.8. The minimum absolute atomic E-state index is 0.0240. The fourth-order valence-electron chi connectivity index (χ4n) is 2.79. The number of hydrogen-bond donors (Lipinski definition) is 0. The Morgan fingerprint density at radius 1 is 1.27 bits per heavy atom. The Kier molecular flexibility index (Phi) is 5.81. The van der Waals surface area contributed by atoms with E-state index in [1.54, 1.807) is 23.1 Å². The first-order valence-electron chi connectivity index (χ1n) is 7.67. The molecule has 0 saturated heterocycles. The van der Waals surface area contributed by atoms with Crippen LogP contribution in [0, 0.1) is 0 Å². The average molecular weight is 305 g/mol. The van der Waals surface area contributed by atoms with Gasteiger partial charge in [0.25, 0.3) is 5.91 Å². The summed E-state index contributed by atoms with van der Waals surface area (Å²) in [6, 6.07) is 5.21. The van der Waals surface area contributed by atoms with E-state index in [4.69, 9.17) is 9.47 Å². The van der Waals surface area contributed by atoms with Crippen LogP contribution in [0.25, 0.3) is 0 Å². The fraction of sp³-hybridized carbons (Fsp3) is 0.529. The summed E-state index contributed by atoms with van der Waals surface area (Å²) in [5.74, 6) is 0.893. The van der Waals surface area contributed by atoms with Crippen molar-refractivity contribution in [3.63, 3.8) is 0 Å². The highest BCUT2D eigenvalue weighted by molar-refractivity contribution is 5.78. The van der Waals surface area contributed by atoms with Gasteiger partial charge in [-0.25, -0.2) is 0 Å². The molecule has 0 bridgehead atoms. The van der Waals surface area contributed by atoms with Gasteiger partial charge in [0.15, 0.2) is 18.1 Å². The second-order valence-electron chi connectivity index (χ2n) is 5.61. The maximum atomic E-state index is 12.2. The van der Waals surface area contributed by atoms with Gasteiger partial charge in [-0.05, 0) is 31.0 Å². The Hall–Kier alpha value is -2.04. The van der Waals surface area contributed by atoms with Gasteiger partial charge in [-0.1, -0.05) is 19.3 Å². The van der Waals surface area contributed by atoms with Gasteiger partial charge in [0.05, 0.1) is 7.11 Å². The summed E-state index contributed by atoms with van der Waals surface area (Å²) in [4.78, 5) is 24.8. The van der Waals surface area contributed by atoms with Gasteiger partial charge in [-0.15, -0.1) is 0 Å². The minimum Gasteiger partial charge on any atom is -0.493 e. The Morgan fingerprint density at radius 2 is 2.00 bits per heavy atom. The quantitative estimate of drug-likeness (QED) is 0.758. The topological polar surface area (TPSA) is 55.8 Å². The first-order chi connectivity index (χ1) is 10.7. The molecule has 0 aliphatic heterocycles. The molecular weight excluding hydrogens is 282 g/mol. The molecule has 1 fully saturated rings. The molecule has 0 spiro atoms. The molecule has 0 atom stereocenters. The number of ether oxygens (including phenoxy) is 2. The predicted octanol–water partition coefficient (Wildman–Crippen LogP) is 2.68. The third-order valence-corrected chi connectivity index (χ3v) is 4.19. The molecular formula is C17H23NO4. The lowest BCUT2D eigenvalue weighted by Gasteiger charge is -2.31. The second-order valence-corrected chi connectivity index (χ2v) is 5.61. The van der Waals surface area contributed by atoms with Crippen LogP contribution in [0.3, 0.4) is 0 Å². The number of amides is 1. The van der Waals surface area contributed by atoms with E-state index in [2.05, 4.69) is 0 Å². The summed E-state index contributed by atoms with van der Waals surface area (Å²) >= 11 is 0. The van der Waals surface area contributed by atoms with Crippen LogP contribution in [-0.4, -0.2) is 43.9 Å². The second kappa shape index (κ2) is 7.82. The molecule has 120 valence electrons. The Labute approximate surface area is 131 Å². The number of carbonyl (C=O) groups is 2.